The maximum atomic E-state index is 11.9. The minimum Gasteiger partial charge on any atom is -0.494 e. The van der Waals surface area contributed by atoms with Crippen molar-refractivity contribution in [3.8, 4) is 5.75 Å². The van der Waals surface area contributed by atoms with E-state index in [2.05, 4.69) is 34.8 Å². The highest BCUT2D eigenvalue weighted by Crippen LogP contribution is 2.13. The minimum absolute atomic E-state index is 0.0172. The van der Waals surface area contributed by atoms with Crippen molar-refractivity contribution in [2.24, 2.45) is 0 Å². The second-order valence-electron chi connectivity index (χ2n) is 4.38. The molecular weight excluding hydrogens is 353 g/mol. The summed E-state index contributed by atoms with van der Waals surface area (Å²) in [6.45, 7) is 3.49. The van der Waals surface area contributed by atoms with E-state index in [1.807, 2.05) is 18.2 Å². The van der Waals surface area contributed by atoms with Gasteiger partial charge in [-0.15, -0.1) is 0 Å². The molecule has 1 amide bonds. The third-order valence-corrected chi connectivity index (χ3v) is 3.43. The summed E-state index contributed by atoms with van der Waals surface area (Å²) in [6, 6.07) is 7.36. The molecule has 0 aliphatic carbocycles. The molecule has 0 aromatic heterocycles. The quantitative estimate of drug-likeness (QED) is 0.405. The summed E-state index contributed by atoms with van der Waals surface area (Å²) >= 11 is 2.38. The van der Waals surface area contributed by atoms with Crippen LogP contribution in [0.3, 0.4) is 0 Å². The average Bonchev–Trinajstić information content (AvgIpc) is 2.45. The van der Waals surface area contributed by atoms with Crippen molar-refractivity contribution < 1.29 is 9.53 Å². The Morgan fingerprint density at radius 1 is 1.32 bits per heavy atom. The molecular formula is C15H22INO2. The fourth-order valence-corrected chi connectivity index (χ4v) is 2.19. The lowest BCUT2D eigenvalue weighted by atomic mass is 10.2. The summed E-state index contributed by atoms with van der Waals surface area (Å²) in [7, 11) is 0. The van der Waals surface area contributed by atoms with Gasteiger partial charge in [-0.05, 0) is 41.9 Å². The third-order valence-electron chi connectivity index (χ3n) is 2.67. The van der Waals surface area contributed by atoms with E-state index in [9.17, 15) is 4.79 Å². The van der Waals surface area contributed by atoms with Crippen LogP contribution in [0, 0.1) is 0 Å². The normalized spacial score (nSPS) is 10.2. The molecule has 0 spiro atoms. The molecule has 0 heterocycles. The molecule has 0 saturated carbocycles. The average molecular weight is 375 g/mol. The van der Waals surface area contributed by atoms with Crippen LogP contribution >= 0.6 is 22.6 Å². The fraction of sp³-hybridized carbons (Fsp3) is 0.533. The number of carbonyl (C=O) groups is 1. The van der Waals surface area contributed by atoms with Crippen LogP contribution in [0.2, 0.25) is 0 Å². The first-order chi connectivity index (χ1) is 9.27. The highest BCUT2D eigenvalue weighted by Gasteiger charge is 2.05. The summed E-state index contributed by atoms with van der Waals surface area (Å²) in [5.74, 6) is 0.746. The number of alkyl halides is 1. The standard InChI is InChI=1S/C15H22INO2/c1-2-11-19-14-8-6-7-13(12-14)15(18)17-10-5-3-4-9-16/h6-8,12H,2-5,9-11H2,1H3,(H,17,18). The molecule has 1 aromatic rings. The van der Waals surface area contributed by atoms with Gasteiger partial charge in [0.15, 0.2) is 0 Å². The highest BCUT2D eigenvalue weighted by atomic mass is 127. The van der Waals surface area contributed by atoms with Crippen LogP contribution in [0.5, 0.6) is 5.75 Å². The number of carbonyl (C=O) groups excluding carboxylic acids is 1. The van der Waals surface area contributed by atoms with Gasteiger partial charge in [0.05, 0.1) is 6.61 Å². The zero-order chi connectivity index (χ0) is 13.9. The second-order valence-corrected chi connectivity index (χ2v) is 5.46. The number of benzene rings is 1. The Kier molecular flexibility index (Phi) is 8.62. The van der Waals surface area contributed by atoms with Gasteiger partial charge in [0, 0.05) is 12.1 Å². The Labute approximate surface area is 129 Å². The molecule has 4 heteroatoms. The molecule has 1 rings (SSSR count). The molecule has 3 nitrogen and oxygen atoms in total. The summed E-state index contributed by atoms with van der Waals surface area (Å²) in [6.07, 6.45) is 4.40. The van der Waals surface area contributed by atoms with Crippen molar-refractivity contribution in [2.45, 2.75) is 32.6 Å². The van der Waals surface area contributed by atoms with Crippen molar-refractivity contribution in [2.75, 3.05) is 17.6 Å². The first kappa shape index (κ1) is 16.3. The number of hydrogen-bond donors (Lipinski definition) is 1. The van der Waals surface area contributed by atoms with Crippen molar-refractivity contribution in [1.29, 1.82) is 0 Å². The second kappa shape index (κ2) is 10.1. The van der Waals surface area contributed by atoms with E-state index in [-0.39, 0.29) is 5.91 Å². The van der Waals surface area contributed by atoms with E-state index in [0.717, 1.165) is 25.1 Å². The Hall–Kier alpha value is -0.780. The summed E-state index contributed by atoms with van der Waals surface area (Å²) in [5, 5.41) is 2.94. The van der Waals surface area contributed by atoms with Gasteiger partial charge in [-0.2, -0.15) is 0 Å². The third kappa shape index (κ3) is 6.80. The van der Waals surface area contributed by atoms with E-state index >= 15 is 0 Å². The van der Waals surface area contributed by atoms with Crippen LogP contribution in [0.25, 0.3) is 0 Å². The van der Waals surface area contributed by atoms with Gasteiger partial charge >= 0.3 is 0 Å². The summed E-state index contributed by atoms with van der Waals surface area (Å²) in [4.78, 5) is 11.9. The molecule has 1 aromatic carbocycles. The molecule has 0 radical (unpaired) electrons. The van der Waals surface area contributed by atoms with Crippen molar-refractivity contribution in [1.82, 2.24) is 5.32 Å². The number of halogens is 1. The SMILES string of the molecule is CCCOc1cccc(C(=O)NCCCCCI)c1. The van der Waals surface area contributed by atoms with Gasteiger partial charge in [0.25, 0.3) is 5.91 Å². The number of unbranched alkanes of at least 4 members (excludes halogenated alkanes) is 2. The van der Waals surface area contributed by atoms with Gasteiger partial charge in [0.1, 0.15) is 5.75 Å². The van der Waals surface area contributed by atoms with Crippen LogP contribution in [-0.4, -0.2) is 23.5 Å². The number of rotatable bonds is 9. The van der Waals surface area contributed by atoms with Crippen LogP contribution in [-0.2, 0) is 0 Å². The Morgan fingerprint density at radius 2 is 2.16 bits per heavy atom. The number of hydrogen-bond acceptors (Lipinski definition) is 2. The van der Waals surface area contributed by atoms with Crippen LogP contribution in [0.4, 0.5) is 0 Å². The maximum absolute atomic E-state index is 11.9. The maximum Gasteiger partial charge on any atom is 0.251 e. The summed E-state index contributed by atoms with van der Waals surface area (Å²) < 4.78 is 6.71. The molecule has 106 valence electrons. The lowest BCUT2D eigenvalue weighted by Gasteiger charge is -2.08. The Morgan fingerprint density at radius 3 is 2.89 bits per heavy atom. The fourth-order valence-electron chi connectivity index (χ4n) is 1.65. The molecule has 0 atom stereocenters. The first-order valence-corrected chi connectivity index (χ1v) is 8.37. The van der Waals surface area contributed by atoms with E-state index in [1.54, 1.807) is 6.07 Å². The summed E-state index contributed by atoms with van der Waals surface area (Å²) in [5.41, 5.74) is 0.669. The zero-order valence-corrected chi connectivity index (χ0v) is 13.6. The van der Waals surface area contributed by atoms with E-state index in [0.29, 0.717) is 12.2 Å². The minimum atomic E-state index is -0.0172. The van der Waals surface area contributed by atoms with E-state index < -0.39 is 0 Å². The Balaban J connectivity index is 2.38. The van der Waals surface area contributed by atoms with Crippen molar-refractivity contribution in [3.63, 3.8) is 0 Å². The molecule has 1 N–H and O–H groups in total. The van der Waals surface area contributed by atoms with E-state index in [4.69, 9.17) is 4.74 Å². The zero-order valence-electron chi connectivity index (χ0n) is 11.5. The largest absolute Gasteiger partial charge is 0.494 e. The molecule has 0 aliphatic rings. The number of ether oxygens (including phenoxy) is 1. The van der Waals surface area contributed by atoms with Crippen LogP contribution < -0.4 is 10.1 Å². The van der Waals surface area contributed by atoms with Gasteiger partial charge in [-0.1, -0.05) is 42.0 Å². The monoisotopic (exact) mass is 375 g/mol. The van der Waals surface area contributed by atoms with Crippen molar-refractivity contribution in [3.05, 3.63) is 29.8 Å². The van der Waals surface area contributed by atoms with E-state index in [1.165, 1.54) is 17.3 Å². The number of amides is 1. The van der Waals surface area contributed by atoms with Crippen LogP contribution in [0.15, 0.2) is 24.3 Å². The van der Waals surface area contributed by atoms with Gasteiger partial charge in [0.2, 0.25) is 0 Å². The topological polar surface area (TPSA) is 38.3 Å². The number of nitrogens with one attached hydrogen (secondary N) is 1. The first-order valence-electron chi connectivity index (χ1n) is 6.85. The predicted octanol–water partition coefficient (Wildman–Crippen LogP) is 3.81. The van der Waals surface area contributed by atoms with Gasteiger partial charge in [-0.25, -0.2) is 0 Å². The molecule has 0 bridgehead atoms. The predicted molar refractivity (Wildman–Crippen MR) is 87.3 cm³/mol. The molecule has 0 saturated heterocycles. The molecule has 0 unspecified atom stereocenters. The smallest absolute Gasteiger partial charge is 0.251 e. The van der Waals surface area contributed by atoms with Crippen molar-refractivity contribution >= 4 is 28.5 Å². The van der Waals surface area contributed by atoms with Gasteiger partial charge in [-0.3, -0.25) is 4.79 Å². The Bertz CT molecular complexity index is 382. The molecule has 0 aliphatic heterocycles. The van der Waals surface area contributed by atoms with Crippen LogP contribution in [0.1, 0.15) is 43.0 Å². The molecule has 0 fully saturated rings. The lowest BCUT2D eigenvalue weighted by Crippen LogP contribution is -2.24. The molecule has 19 heavy (non-hydrogen) atoms. The lowest BCUT2D eigenvalue weighted by molar-refractivity contribution is 0.0952. The highest BCUT2D eigenvalue weighted by molar-refractivity contribution is 14.1. The van der Waals surface area contributed by atoms with Gasteiger partial charge < -0.3 is 10.1 Å².